The van der Waals surface area contributed by atoms with E-state index in [1.54, 1.807) is 0 Å². The van der Waals surface area contributed by atoms with Gasteiger partial charge in [-0.05, 0) is 31.9 Å². The third kappa shape index (κ3) is 5.85. The summed E-state index contributed by atoms with van der Waals surface area (Å²) in [5.41, 5.74) is 1.87. The summed E-state index contributed by atoms with van der Waals surface area (Å²) in [6.45, 7) is 6.44. The number of hydrogen-bond acceptors (Lipinski definition) is 3. The van der Waals surface area contributed by atoms with Gasteiger partial charge in [0.2, 0.25) is 5.91 Å². The molecule has 0 aromatic heterocycles. The lowest BCUT2D eigenvalue weighted by Crippen LogP contribution is -2.29. The number of aryl methyl sites for hydroxylation is 1. The largest absolute Gasteiger partial charge is 0.387 e. The average Bonchev–Trinajstić information content (AvgIpc) is 2.36. The second-order valence-corrected chi connectivity index (χ2v) is 4.85. The van der Waals surface area contributed by atoms with Crippen LogP contribution in [0.1, 0.15) is 37.5 Å². The van der Waals surface area contributed by atoms with Crippen LogP contribution in [0.25, 0.3) is 0 Å². The number of amides is 1. The first-order valence-electron chi connectivity index (χ1n) is 6.62. The van der Waals surface area contributed by atoms with Crippen LogP contribution >= 0.6 is 0 Å². The van der Waals surface area contributed by atoms with Crippen LogP contribution in [0.5, 0.6) is 0 Å². The van der Waals surface area contributed by atoms with E-state index >= 15 is 0 Å². The summed E-state index contributed by atoms with van der Waals surface area (Å²) in [5.74, 6) is -0.103. The number of carbonyl (C=O) groups is 1. The van der Waals surface area contributed by atoms with Crippen LogP contribution in [-0.4, -0.2) is 30.3 Å². The minimum absolute atomic E-state index is 0.103. The summed E-state index contributed by atoms with van der Waals surface area (Å²) in [4.78, 5) is 11.5. The van der Waals surface area contributed by atoms with E-state index in [9.17, 15) is 9.90 Å². The second-order valence-electron chi connectivity index (χ2n) is 4.85. The number of aliphatic hydroxyl groups is 1. The van der Waals surface area contributed by atoms with Crippen LogP contribution in [0.4, 0.5) is 0 Å². The van der Waals surface area contributed by atoms with Gasteiger partial charge < -0.3 is 15.2 Å². The molecular weight excluding hydrogens is 242 g/mol. The Morgan fingerprint density at radius 1 is 1.37 bits per heavy atom. The van der Waals surface area contributed by atoms with Crippen LogP contribution in [0.2, 0.25) is 0 Å². The van der Waals surface area contributed by atoms with Gasteiger partial charge in [-0.15, -0.1) is 0 Å². The summed E-state index contributed by atoms with van der Waals surface area (Å²) >= 11 is 0. The molecule has 1 amide bonds. The Hall–Kier alpha value is -1.39. The molecule has 1 rings (SSSR count). The Balaban J connectivity index is 2.32. The number of ether oxygens (including phenoxy) is 1. The molecule has 0 heterocycles. The number of rotatable bonds is 7. The lowest BCUT2D eigenvalue weighted by atomic mass is 10.0. The topological polar surface area (TPSA) is 58.6 Å². The quantitative estimate of drug-likeness (QED) is 0.792. The second kappa shape index (κ2) is 7.92. The van der Waals surface area contributed by atoms with E-state index in [0.29, 0.717) is 13.0 Å². The molecule has 1 atom stereocenters. The predicted octanol–water partition coefficient (Wildman–Crippen LogP) is 1.96. The molecule has 0 aliphatic carbocycles. The van der Waals surface area contributed by atoms with Crippen LogP contribution in [-0.2, 0) is 9.53 Å². The third-order valence-corrected chi connectivity index (χ3v) is 2.82. The molecular formula is C15H23NO3. The van der Waals surface area contributed by atoms with Gasteiger partial charge in [-0.1, -0.05) is 24.3 Å². The Kier molecular flexibility index (Phi) is 6.53. The van der Waals surface area contributed by atoms with Gasteiger partial charge in [0.25, 0.3) is 0 Å². The van der Waals surface area contributed by atoms with Crippen LogP contribution < -0.4 is 5.32 Å². The maximum absolute atomic E-state index is 11.5. The molecule has 0 saturated heterocycles. The van der Waals surface area contributed by atoms with E-state index in [4.69, 9.17) is 4.74 Å². The summed E-state index contributed by atoms with van der Waals surface area (Å²) in [7, 11) is 0. The fraction of sp³-hybridized carbons (Fsp3) is 0.533. The third-order valence-electron chi connectivity index (χ3n) is 2.82. The monoisotopic (exact) mass is 265 g/mol. The number of hydrogen-bond donors (Lipinski definition) is 2. The predicted molar refractivity (Wildman–Crippen MR) is 74.9 cm³/mol. The zero-order valence-electron chi connectivity index (χ0n) is 11.8. The summed E-state index contributed by atoms with van der Waals surface area (Å²) in [6.07, 6.45) is -0.222. The van der Waals surface area contributed by atoms with Crippen molar-refractivity contribution >= 4 is 5.91 Å². The van der Waals surface area contributed by atoms with Crippen molar-refractivity contribution in [2.75, 3.05) is 13.2 Å². The van der Waals surface area contributed by atoms with Crippen molar-refractivity contribution in [1.82, 2.24) is 5.32 Å². The maximum atomic E-state index is 11.5. The Bertz CT molecular complexity index is 404. The summed E-state index contributed by atoms with van der Waals surface area (Å²) < 4.78 is 5.30. The van der Waals surface area contributed by atoms with Crippen molar-refractivity contribution in [1.29, 1.82) is 0 Å². The Morgan fingerprint density at radius 2 is 2.05 bits per heavy atom. The number of nitrogens with one attached hydrogen (secondary N) is 1. The average molecular weight is 265 g/mol. The van der Waals surface area contributed by atoms with E-state index < -0.39 is 6.10 Å². The minimum atomic E-state index is -0.670. The van der Waals surface area contributed by atoms with E-state index in [1.807, 2.05) is 45.0 Å². The summed E-state index contributed by atoms with van der Waals surface area (Å²) in [5, 5.41) is 12.7. The van der Waals surface area contributed by atoms with Gasteiger partial charge in [0.15, 0.2) is 0 Å². The standard InChI is InChI=1S/C15H23NO3/c1-11(2)19-9-8-15(18)16-10-14(17)13-7-5-4-6-12(13)3/h4-7,11,14,17H,8-10H2,1-3H3,(H,16,18). The van der Waals surface area contributed by atoms with E-state index in [-0.39, 0.29) is 18.6 Å². The Morgan fingerprint density at radius 3 is 2.68 bits per heavy atom. The van der Waals surface area contributed by atoms with Crippen molar-refractivity contribution in [3.63, 3.8) is 0 Å². The lowest BCUT2D eigenvalue weighted by Gasteiger charge is -2.14. The minimum Gasteiger partial charge on any atom is -0.387 e. The molecule has 1 aromatic rings. The number of carbonyl (C=O) groups excluding carboxylic acids is 1. The molecule has 0 bridgehead atoms. The highest BCUT2D eigenvalue weighted by Gasteiger charge is 2.11. The van der Waals surface area contributed by atoms with Gasteiger partial charge in [0, 0.05) is 13.0 Å². The highest BCUT2D eigenvalue weighted by Crippen LogP contribution is 2.16. The van der Waals surface area contributed by atoms with Gasteiger partial charge in [-0.2, -0.15) is 0 Å². The molecule has 0 radical (unpaired) electrons. The van der Waals surface area contributed by atoms with Crippen molar-refractivity contribution in [2.45, 2.75) is 39.4 Å². The van der Waals surface area contributed by atoms with E-state index in [1.165, 1.54) is 0 Å². The molecule has 1 unspecified atom stereocenters. The van der Waals surface area contributed by atoms with E-state index in [2.05, 4.69) is 5.32 Å². The molecule has 0 spiro atoms. The van der Waals surface area contributed by atoms with Crippen LogP contribution in [0.3, 0.4) is 0 Å². The Labute approximate surface area is 114 Å². The molecule has 19 heavy (non-hydrogen) atoms. The molecule has 2 N–H and O–H groups in total. The summed E-state index contributed by atoms with van der Waals surface area (Å²) in [6, 6.07) is 7.61. The first kappa shape index (κ1) is 15.7. The van der Waals surface area contributed by atoms with Gasteiger partial charge >= 0.3 is 0 Å². The molecule has 4 nitrogen and oxygen atoms in total. The van der Waals surface area contributed by atoms with Crippen molar-refractivity contribution in [2.24, 2.45) is 0 Å². The smallest absolute Gasteiger partial charge is 0.222 e. The molecule has 0 aliphatic heterocycles. The zero-order chi connectivity index (χ0) is 14.3. The normalized spacial score (nSPS) is 12.5. The first-order chi connectivity index (χ1) is 9.00. The molecule has 1 aromatic carbocycles. The van der Waals surface area contributed by atoms with Crippen molar-refractivity contribution in [3.8, 4) is 0 Å². The fourth-order valence-corrected chi connectivity index (χ4v) is 1.76. The highest BCUT2D eigenvalue weighted by atomic mass is 16.5. The van der Waals surface area contributed by atoms with Crippen molar-refractivity contribution < 1.29 is 14.6 Å². The molecule has 0 fully saturated rings. The maximum Gasteiger partial charge on any atom is 0.222 e. The first-order valence-corrected chi connectivity index (χ1v) is 6.62. The van der Waals surface area contributed by atoms with Gasteiger partial charge in [-0.3, -0.25) is 4.79 Å². The molecule has 4 heteroatoms. The number of benzene rings is 1. The van der Waals surface area contributed by atoms with E-state index in [0.717, 1.165) is 11.1 Å². The molecule has 106 valence electrons. The van der Waals surface area contributed by atoms with Crippen LogP contribution in [0.15, 0.2) is 24.3 Å². The SMILES string of the molecule is Cc1ccccc1C(O)CNC(=O)CCOC(C)C. The highest BCUT2D eigenvalue weighted by molar-refractivity contribution is 5.76. The lowest BCUT2D eigenvalue weighted by molar-refractivity contribution is -0.122. The molecule has 0 saturated carbocycles. The van der Waals surface area contributed by atoms with Gasteiger partial charge in [0.05, 0.1) is 18.8 Å². The van der Waals surface area contributed by atoms with Gasteiger partial charge in [0.1, 0.15) is 0 Å². The molecule has 0 aliphatic rings. The number of aliphatic hydroxyl groups excluding tert-OH is 1. The fourth-order valence-electron chi connectivity index (χ4n) is 1.76. The van der Waals surface area contributed by atoms with Gasteiger partial charge in [-0.25, -0.2) is 0 Å². The van der Waals surface area contributed by atoms with Crippen LogP contribution in [0, 0.1) is 6.92 Å². The zero-order valence-corrected chi connectivity index (χ0v) is 11.8. The van der Waals surface area contributed by atoms with Crippen molar-refractivity contribution in [3.05, 3.63) is 35.4 Å².